The van der Waals surface area contributed by atoms with Gasteiger partial charge in [-0.2, -0.15) is 0 Å². The standard InChI is InChI=1S/C17H24N6S/c1-14-12-18-17(24-14)23-9-7-22(8-10-23)16-11-15(19-13-20-16)21-5-3-2-4-6-21/h11-13H,2-10H2,1H3. The van der Waals surface area contributed by atoms with Crippen molar-refractivity contribution in [2.24, 2.45) is 0 Å². The maximum Gasteiger partial charge on any atom is 0.185 e. The molecule has 0 saturated carbocycles. The molecule has 0 atom stereocenters. The Balaban J connectivity index is 1.42. The van der Waals surface area contributed by atoms with E-state index in [0.29, 0.717) is 0 Å². The van der Waals surface area contributed by atoms with Gasteiger partial charge in [0.05, 0.1) is 0 Å². The lowest BCUT2D eigenvalue weighted by Crippen LogP contribution is -2.46. The molecule has 2 aromatic heterocycles. The van der Waals surface area contributed by atoms with E-state index in [9.17, 15) is 0 Å². The summed E-state index contributed by atoms with van der Waals surface area (Å²) in [7, 11) is 0. The highest BCUT2D eigenvalue weighted by molar-refractivity contribution is 7.15. The summed E-state index contributed by atoms with van der Waals surface area (Å²) in [5.74, 6) is 2.14. The van der Waals surface area contributed by atoms with E-state index in [0.717, 1.165) is 56.0 Å². The van der Waals surface area contributed by atoms with Crippen LogP contribution in [-0.2, 0) is 0 Å². The topological polar surface area (TPSA) is 48.4 Å². The van der Waals surface area contributed by atoms with Gasteiger partial charge in [-0.15, -0.1) is 11.3 Å². The molecule has 4 rings (SSSR count). The van der Waals surface area contributed by atoms with Gasteiger partial charge < -0.3 is 14.7 Å². The smallest absolute Gasteiger partial charge is 0.185 e. The van der Waals surface area contributed by atoms with Crippen LogP contribution >= 0.6 is 11.3 Å². The number of hydrogen-bond acceptors (Lipinski definition) is 7. The van der Waals surface area contributed by atoms with Crippen molar-refractivity contribution < 1.29 is 0 Å². The van der Waals surface area contributed by atoms with Gasteiger partial charge in [-0.3, -0.25) is 0 Å². The van der Waals surface area contributed by atoms with E-state index in [2.05, 4.69) is 42.6 Å². The second-order valence-electron chi connectivity index (χ2n) is 6.51. The average molecular weight is 344 g/mol. The molecular formula is C17H24N6S. The molecule has 6 nitrogen and oxygen atoms in total. The Morgan fingerprint density at radius 1 is 0.792 bits per heavy atom. The Morgan fingerprint density at radius 3 is 2.04 bits per heavy atom. The van der Waals surface area contributed by atoms with Crippen LogP contribution in [0.1, 0.15) is 24.1 Å². The summed E-state index contributed by atoms with van der Waals surface area (Å²) in [4.78, 5) is 21.9. The summed E-state index contributed by atoms with van der Waals surface area (Å²) in [5, 5.41) is 1.14. The summed E-state index contributed by atoms with van der Waals surface area (Å²) in [6.45, 7) is 8.30. The normalized spacial score (nSPS) is 19.0. The minimum absolute atomic E-state index is 0.981. The molecule has 0 amide bonds. The van der Waals surface area contributed by atoms with Gasteiger partial charge in [-0.25, -0.2) is 15.0 Å². The predicted molar refractivity (Wildman–Crippen MR) is 99.4 cm³/mol. The van der Waals surface area contributed by atoms with E-state index in [4.69, 9.17) is 0 Å². The first-order valence-electron chi connectivity index (χ1n) is 8.79. The predicted octanol–water partition coefficient (Wildman–Crippen LogP) is 2.56. The van der Waals surface area contributed by atoms with Crippen LogP contribution in [0.2, 0.25) is 0 Å². The quantitative estimate of drug-likeness (QED) is 0.853. The summed E-state index contributed by atoms with van der Waals surface area (Å²) < 4.78 is 0. The molecule has 2 saturated heterocycles. The molecule has 2 fully saturated rings. The Hall–Kier alpha value is -1.89. The number of thiazole rings is 1. The van der Waals surface area contributed by atoms with Crippen molar-refractivity contribution in [2.45, 2.75) is 26.2 Å². The Bertz CT molecular complexity index is 673. The molecule has 0 bridgehead atoms. The lowest BCUT2D eigenvalue weighted by Gasteiger charge is -2.35. The highest BCUT2D eigenvalue weighted by Crippen LogP contribution is 2.25. The number of piperidine rings is 1. The largest absolute Gasteiger partial charge is 0.356 e. The third kappa shape index (κ3) is 3.31. The fourth-order valence-electron chi connectivity index (χ4n) is 3.42. The van der Waals surface area contributed by atoms with Crippen LogP contribution in [0, 0.1) is 6.92 Å². The maximum atomic E-state index is 4.52. The second-order valence-corrected chi connectivity index (χ2v) is 7.72. The Morgan fingerprint density at radius 2 is 1.42 bits per heavy atom. The van der Waals surface area contributed by atoms with Gasteiger partial charge in [-0.1, -0.05) is 0 Å². The zero-order valence-corrected chi connectivity index (χ0v) is 15.0. The molecular weight excluding hydrogens is 320 g/mol. The van der Waals surface area contributed by atoms with Crippen LogP contribution in [0.4, 0.5) is 16.8 Å². The van der Waals surface area contributed by atoms with Gasteiger partial charge in [0.1, 0.15) is 18.0 Å². The van der Waals surface area contributed by atoms with E-state index in [1.54, 1.807) is 17.7 Å². The third-order valence-corrected chi connectivity index (χ3v) is 5.78. The lowest BCUT2D eigenvalue weighted by molar-refractivity contribution is 0.572. The fourth-order valence-corrected chi connectivity index (χ4v) is 4.23. The second kappa shape index (κ2) is 6.93. The van der Waals surface area contributed by atoms with Crippen molar-refractivity contribution >= 4 is 28.1 Å². The van der Waals surface area contributed by atoms with Crippen LogP contribution in [0.25, 0.3) is 0 Å². The highest BCUT2D eigenvalue weighted by Gasteiger charge is 2.21. The van der Waals surface area contributed by atoms with Gasteiger partial charge in [0.2, 0.25) is 0 Å². The van der Waals surface area contributed by atoms with Crippen molar-refractivity contribution in [2.75, 3.05) is 54.0 Å². The lowest BCUT2D eigenvalue weighted by atomic mass is 10.1. The summed E-state index contributed by atoms with van der Waals surface area (Å²) in [6, 6.07) is 2.16. The number of aryl methyl sites for hydroxylation is 1. The number of hydrogen-bond donors (Lipinski definition) is 0. The zero-order chi connectivity index (χ0) is 16.4. The minimum atomic E-state index is 0.981. The van der Waals surface area contributed by atoms with Crippen molar-refractivity contribution in [3.05, 3.63) is 23.5 Å². The SMILES string of the molecule is Cc1cnc(N2CCN(c3cc(N4CCCCC4)ncn3)CC2)s1. The van der Waals surface area contributed by atoms with E-state index >= 15 is 0 Å². The number of nitrogens with zero attached hydrogens (tertiary/aromatic N) is 6. The van der Waals surface area contributed by atoms with Gasteiger partial charge in [0.15, 0.2) is 5.13 Å². The first-order chi connectivity index (χ1) is 11.8. The molecule has 128 valence electrons. The van der Waals surface area contributed by atoms with Crippen molar-refractivity contribution in [3.8, 4) is 0 Å². The summed E-state index contributed by atoms with van der Waals surface area (Å²) in [6.07, 6.45) is 7.56. The molecule has 7 heteroatoms. The number of rotatable bonds is 3. The van der Waals surface area contributed by atoms with E-state index < -0.39 is 0 Å². The molecule has 24 heavy (non-hydrogen) atoms. The molecule has 0 unspecified atom stereocenters. The number of piperazine rings is 1. The highest BCUT2D eigenvalue weighted by atomic mass is 32.1. The van der Waals surface area contributed by atoms with Crippen LogP contribution in [0.5, 0.6) is 0 Å². The Kier molecular flexibility index (Phi) is 4.51. The molecule has 0 spiro atoms. The summed E-state index contributed by atoms with van der Waals surface area (Å²) in [5.41, 5.74) is 0. The van der Waals surface area contributed by atoms with Crippen LogP contribution in [0.15, 0.2) is 18.6 Å². The first-order valence-corrected chi connectivity index (χ1v) is 9.60. The van der Waals surface area contributed by atoms with Gasteiger partial charge in [0.25, 0.3) is 0 Å². The Labute approximate surface area is 147 Å². The fraction of sp³-hybridized carbons (Fsp3) is 0.588. The molecule has 0 aliphatic carbocycles. The zero-order valence-electron chi connectivity index (χ0n) is 14.2. The van der Waals surface area contributed by atoms with Gasteiger partial charge >= 0.3 is 0 Å². The van der Waals surface area contributed by atoms with Crippen molar-refractivity contribution in [3.63, 3.8) is 0 Å². The monoisotopic (exact) mass is 344 g/mol. The molecule has 0 N–H and O–H groups in total. The molecule has 2 aliphatic rings. The van der Waals surface area contributed by atoms with Crippen LogP contribution < -0.4 is 14.7 Å². The van der Waals surface area contributed by atoms with E-state index in [-0.39, 0.29) is 0 Å². The van der Waals surface area contributed by atoms with E-state index in [1.165, 1.54) is 24.1 Å². The van der Waals surface area contributed by atoms with Crippen molar-refractivity contribution in [1.82, 2.24) is 15.0 Å². The van der Waals surface area contributed by atoms with Crippen LogP contribution in [-0.4, -0.2) is 54.2 Å². The maximum absolute atomic E-state index is 4.52. The molecule has 0 radical (unpaired) electrons. The average Bonchev–Trinajstić information content (AvgIpc) is 3.09. The molecule has 2 aromatic rings. The number of anilines is 3. The number of aromatic nitrogens is 3. The molecule has 4 heterocycles. The molecule has 0 aromatic carbocycles. The van der Waals surface area contributed by atoms with E-state index in [1.807, 2.05) is 6.20 Å². The van der Waals surface area contributed by atoms with Crippen molar-refractivity contribution in [1.29, 1.82) is 0 Å². The first kappa shape index (κ1) is 15.6. The van der Waals surface area contributed by atoms with Gasteiger partial charge in [0, 0.05) is 56.4 Å². The minimum Gasteiger partial charge on any atom is -0.356 e. The molecule has 2 aliphatic heterocycles. The van der Waals surface area contributed by atoms with Gasteiger partial charge in [-0.05, 0) is 26.2 Å². The van der Waals surface area contributed by atoms with Crippen LogP contribution in [0.3, 0.4) is 0 Å². The third-order valence-electron chi connectivity index (χ3n) is 4.80. The summed E-state index contributed by atoms with van der Waals surface area (Å²) >= 11 is 1.78.